The smallest absolute Gasteiger partial charge is 0.295 e. The van der Waals surface area contributed by atoms with Crippen LogP contribution >= 0.6 is 0 Å². The third kappa shape index (κ3) is 4.21. The number of nitrogens with zero attached hydrogens (tertiary/aromatic N) is 2. The fourth-order valence-electron chi connectivity index (χ4n) is 4.01. The molecule has 1 aliphatic heterocycles. The van der Waals surface area contributed by atoms with E-state index < -0.39 is 17.7 Å². The summed E-state index contributed by atoms with van der Waals surface area (Å²) in [6.45, 7) is 4.21. The zero-order valence-electron chi connectivity index (χ0n) is 19.4. The molecule has 2 aromatic carbocycles. The lowest BCUT2D eigenvalue weighted by molar-refractivity contribution is -0.140. The first kappa shape index (κ1) is 23.3. The summed E-state index contributed by atoms with van der Waals surface area (Å²) in [6, 6.07) is 10.5. The van der Waals surface area contributed by atoms with Crippen molar-refractivity contribution in [2.45, 2.75) is 19.9 Å². The first-order chi connectivity index (χ1) is 15.2. The van der Waals surface area contributed by atoms with Gasteiger partial charge in [-0.25, -0.2) is 0 Å². The number of aliphatic hydroxyl groups is 1. The first-order valence-corrected chi connectivity index (χ1v) is 10.4. The van der Waals surface area contributed by atoms with Gasteiger partial charge in [-0.2, -0.15) is 0 Å². The lowest BCUT2D eigenvalue weighted by atomic mass is 9.93. The van der Waals surface area contributed by atoms with Crippen molar-refractivity contribution in [3.63, 3.8) is 0 Å². The molecular formula is C25H30N2O5. The molecule has 0 bridgehead atoms. The summed E-state index contributed by atoms with van der Waals surface area (Å²) in [5.74, 6) is -0.843. The van der Waals surface area contributed by atoms with E-state index in [9.17, 15) is 14.7 Å². The summed E-state index contributed by atoms with van der Waals surface area (Å²) < 4.78 is 10.5. The second-order valence-electron chi connectivity index (χ2n) is 8.11. The maximum atomic E-state index is 13.1. The highest BCUT2D eigenvalue weighted by atomic mass is 16.5. The quantitative estimate of drug-likeness (QED) is 0.405. The Bertz CT molecular complexity index is 1060. The number of hydrogen-bond donors (Lipinski definition) is 1. The number of carbonyl (C=O) groups is 2. The second kappa shape index (κ2) is 9.44. The van der Waals surface area contributed by atoms with Crippen molar-refractivity contribution in [1.29, 1.82) is 0 Å². The summed E-state index contributed by atoms with van der Waals surface area (Å²) in [5, 5.41) is 11.3. The van der Waals surface area contributed by atoms with Crippen LogP contribution in [0.2, 0.25) is 0 Å². The highest BCUT2D eigenvalue weighted by Crippen LogP contribution is 2.40. The molecule has 1 aliphatic rings. The first-order valence-electron chi connectivity index (χ1n) is 10.4. The zero-order chi connectivity index (χ0) is 23.6. The van der Waals surface area contributed by atoms with Gasteiger partial charge in [0.15, 0.2) is 0 Å². The number of rotatable bonds is 7. The average molecular weight is 439 g/mol. The predicted molar refractivity (Wildman–Crippen MR) is 124 cm³/mol. The van der Waals surface area contributed by atoms with E-state index in [0.717, 1.165) is 22.4 Å². The Morgan fingerprint density at radius 2 is 1.72 bits per heavy atom. The van der Waals surface area contributed by atoms with Gasteiger partial charge in [-0.05, 0) is 54.8 Å². The van der Waals surface area contributed by atoms with Crippen LogP contribution in [-0.2, 0) is 14.3 Å². The number of benzene rings is 2. The van der Waals surface area contributed by atoms with E-state index >= 15 is 0 Å². The van der Waals surface area contributed by atoms with Crippen LogP contribution in [0.4, 0.5) is 5.69 Å². The number of likely N-dealkylation sites (tertiary alicyclic amines) is 1. The molecule has 1 heterocycles. The lowest BCUT2D eigenvalue weighted by Crippen LogP contribution is -2.32. The van der Waals surface area contributed by atoms with Crippen LogP contribution in [0.15, 0.2) is 42.0 Å². The van der Waals surface area contributed by atoms with E-state index in [1.165, 1.54) is 4.90 Å². The third-order valence-electron chi connectivity index (χ3n) is 5.80. The van der Waals surface area contributed by atoms with Gasteiger partial charge in [0.05, 0.1) is 25.3 Å². The molecule has 0 aliphatic carbocycles. The molecular weight excluding hydrogens is 408 g/mol. The molecule has 2 aromatic rings. The molecule has 1 fully saturated rings. The van der Waals surface area contributed by atoms with Gasteiger partial charge in [0.2, 0.25) is 0 Å². The van der Waals surface area contributed by atoms with Crippen molar-refractivity contribution in [3.8, 4) is 5.75 Å². The summed E-state index contributed by atoms with van der Waals surface area (Å²) >= 11 is 0. The van der Waals surface area contributed by atoms with Gasteiger partial charge < -0.3 is 24.4 Å². The summed E-state index contributed by atoms with van der Waals surface area (Å²) in [6.07, 6.45) is 0. The van der Waals surface area contributed by atoms with Crippen molar-refractivity contribution < 1.29 is 24.2 Å². The van der Waals surface area contributed by atoms with Gasteiger partial charge in [0.1, 0.15) is 11.5 Å². The van der Waals surface area contributed by atoms with Gasteiger partial charge in [-0.15, -0.1) is 0 Å². The normalized spacial score (nSPS) is 17.7. The van der Waals surface area contributed by atoms with Crippen molar-refractivity contribution in [2.75, 3.05) is 46.4 Å². The molecule has 1 saturated heterocycles. The molecule has 3 rings (SSSR count). The maximum absolute atomic E-state index is 13.1. The molecule has 170 valence electrons. The standard InChI is InChI=1S/C25H30N2O5/c1-15-14-20(32-6)16(2)13-19(15)23(28)21-22(17-7-9-18(10-8-17)26(3)4)27(11-12-31-5)25(30)24(21)29/h7-10,13-14,22,28H,11-12H2,1-6H3/b23-21+. The van der Waals surface area contributed by atoms with Crippen molar-refractivity contribution in [1.82, 2.24) is 4.90 Å². The number of methoxy groups -OCH3 is 2. The molecule has 1 unspecified atom stereocenters. The van der Waals surface area contributed by atoms with E-state index in [4.69, 9.17) is 9.47 Å². The highest BCUT2D eigenvalue weighted by Gasteiger charge is 2.46. The molecule has 0 saturated carbocycles. The van der Waals surface area contributed by atoms with Gasteiger partial charge in [-0.1, -0.05) is 12.1 Å². The van der Waals surface area contributed by atoms with E-state index in [2.05, 4.69) is 0 Å². The highest BCUT2D eigenvalue weighted by molar-refractivity contribution is 6.46. The van der Waals surface area contributed by atoms with Crippen LogP contribution in [0, 0.1) is 13.8 Å². The van der Waals surface area contributed by atoms with E-state index in [0.29, 0.717) is 11.3 Å². The number of anilines is 1. The van der Waals surface area contributed by atoms with E-state index in [1.54, 1.807) is 20.3 Å². The van der Waals surface area contributed by atoms with Crippen LogP contribution in [-0.4, -0.2) is 63.2 Å². The number of ketones is 1. The fourth-order valence-corrected chi connectivity index (χ4v) is 4.01. The Kier molecular flexibility index (Phi) is 6.89. The minimum absolute atomic E-state index is 0.0800. The molecule has 0 radical (unpaired) electrons. The predicted octanol–water partition coefficient (Wildman–Crippen LogP) is 3.45. The maximum Gasteiger partial charge on any atom is 0.295 e. The molecule has 1 amide bonds. The Hall–Kier alpha value is -3.32. The molecule has 32 heavy (non-hydrogen) atoms. The molecule has 1 atom stereocenters. The Balaban J connectivity index is 2.19. The lowest BCUT2D eigenvalue weighted by Gasteiger charge is -2.26. The minimum atomic E-state index is -0.705. The van der Waals surface area contributed by atoms with Crippen LogP contribution in [0.5, 0.6) is 5.75 Å². The summed E-state index contributed by atoms with van der Waals surface area (Å²) in [5.41, 5.74) is 3.88. The van der Waals surface area contributed by atoms with Crippen molar-refractivity contribution >= 4 is 23.1 Å². The van der Waals surface area contributed by atoms with Crippen molar-refractivity contribution in [3.05, 3.63) is 64.2 Å². The number of aryl methyl sites for hydroxylation is 2. The summed E-state index contributed by atoms with van der Waals surface area (Å²) in [4.78, 5) is 29.4. The Morgan fingerprint density at radius 3 is 2.28 bits per heavy atom. The van der Waals surface area contributed by atoms with Gasteiger partial charge in [0, 0.05) is 39.0 Å². The Labute approximate surface area is 188 Å². The average Bonchev–Trinajstić information content (AvgIpc) is 3.03. The van der Waals surface area contributed by atoms with Crippen LogP contribution in [0.25, 0.3) is 5.76 Å². The SMILES string of the molecule is COCCN1C(=O)C(=O)/C(=C(/O)c2cc(C)c(OC)cc2C)C1c1ccc(N(C)C)cc1. The second-order valence-corrected chi connectivity index (χ2v) is 8.11. The van der Waals surface area contributed by atoms with Gasteiger partial charge >= 0.3 is 0 Å². The fraction of sp³-hybridized carbons (Fsp3) is 0.360. The number of Topliss-reactive ketones (excluding diaryl/α,β-unsaturated/α-hetero) is 1. The number of aliphatic hydroxyl groups excluding tert-OH is 1. The van der Waals surface area contributed by atoms with E-state index in [-0.39, 0.29) is 24.5 Å². The van der Waals surface area contributed by atoms with Gasteiger partial charge in [-0.3, -0.25) is 9.59 Å². The monoisotopic (exact) mass is 438 g/mol. The molecule has 0 aromatic heterocycles. The number of carbonyl (C=O) groups excluding carboxylic acids is 2. The van der Waals surface area contributed by atoms with Crippen LogP contribution in [0.3, 0.4) is 0 Å². The zero-order valence-corrected chi connectivity index (χ0v) is 19.4. The summed E-state index contributed by atoms with van der Waals surface area (Å²) in [7, 11) is 7.00. The third-order valence-corrected chi connectivity index (χ3v) is 5.80. The van der Waals surface area contributed by atoms with Crippen LogP contribution in [0.1, 0.15) is 28.3 Å². The minimum Gasteiger partial charge on any atom is -0.507 e. The topological polar surface area (TPSA) is 79.3 Å². The van der Waals surface area contributed by atoms with Gasteiger partial charge in [0.25, 0.3) is 11.7 Å². The number of amides is 1. The number of ether oxygens (including phenoxy) is 2. The number of hydrogen-bond acceptors (Lipinski definition) is 6. The molecule has 0 spiro atoms. The molecule has 7 heteroatoms. The molecule has 7 nitrogen and oxygen atoms in total. The largest absolute Gasteiger partial charge is 0.507 e. The van der Waals surface area contributed by atoms with Crippen LogP contribution < -0.4 is 9.64 Å². The van der Waals surface area contributed by atoms with E-state index in [1.807, 2.05) is 63.2 Å². The Morgan fingerprint density at radius 1 is 1.06 bits per heavy atom. The molecule has 1 N–H and O–H groups in total. The van der Waals surface area contributed by atoms with Crippen molar-refractivity contribution in [2.24, 2.45) is 0 Å².